The highest BCUT2D eigenvalue weighted by Gasteiger charge is 2.42. The molecule has 0 amide bonds. The summed E-state index contributed by atoms with van der Waals surface area (Å²) in [6, 6.07) is 17.0. The van der Waals surface area contributed by atoms with Crippen LogP contribution in [0.15, 0.2) is 64.4 Å². The van der Waals surface area contributed by atoms with Gasteiger partial charge in [0.15, 0.2) is 11.5 Å². The second kappa shape index (κ2) is 6.99. The van der Waals surface area contributed by atoms with E-state index in [1.807, 2.05) is 19.1 Å². The van der Waals surface area contributed by atoms with Crippen LogP contribution in [0.1, 0.15) is 47.9 Å². The van der Waals surface area contributed by atoms with E-state index in [0.717, 1.165) is 34.8 Å². The van der Waals surface area contributed by atoms with E-state index in [1.54, 1.807) is 11.3 Å². The topological polar surface area (TPSA) is 34.1 Å². The van der Waals surface area contributed by atoms with Crippen molar-refractivity contribution >= 4 is 17.0 Å². The zero-order valence-electron chi connectivity index (χ0n) is 16.0. The van der Waals surface area contributed by atoms with Gasteiger partial charge in [-0.3, -0.25) is 0 Å². The maximum atomic E-state index is 6.48. The molecule has 142 valence electrons. The number of hydrazone groups is 1. The molecule has 4 nitrogen and oxygen atoms in total. The molecule has 0 saturated heterocycles. The molecule has 0 fully saturated rings. The van der Waals surface area contributed by atoms with Crippen molar-refractivity contribution in [1.29, 1.82) is 0 Å². The normalized spacial score (nSPS) is 20.2. The van der Waals surface area contributed by atoms with Crippen molar-refractivity contribution in [3.63, 3.8) is 0 Å². The second-order valence-corrected chi connectivity index (χ2v) is 7.93. The summed E-state index contributed by atoms with van der Waals surface area (Å²) in [5.74, 6) is 1.66. The van der Waals surface area contributed by atoms with Gasteiger partial charge in [-0.2, -0.15) is 16.4 Å². The van der Waals surface area contributed by atoms with Crippen molar-refractivity contribution in [1.82, 2.24) is 5.01 Å². The number of thiophene rings is 1. The Bertz CT molecular complexity index is 1010. The minimum Gasteiger partial charge on any atom is -0.490 e. The lowest BCUT2D eigenvalue weighted by Crippen LogP contribution is -2.33. The molecule has 0 bridgehead atoms. The van der Waals surface area contributed by atoms with Crippen LogP contribution in [-0.2, 0) is 0 Å². The highest BCUT2D eigenvalue weighted by Crippen LogP contribution is 2.50. The summed E-state index contributed by atoms with van der Waals surface area (Å²) >= 11 is 1.68. The molecule has 2 atom stereocenters. The summed E-state index contributed by atoms with van der Waals surface area (Å²) in [5.41, 5.74) is 5.80. The highest BCUT2D eigenvalue weighted by molar-refractivity contribution is 7.07. The van der Waals surface area contributed by atoms with Gasteiger partial charge in [-0.15, -0.1) is 0 Å². The predicted molar refractivity (Wildman–Crippen MR) is 112 cm³/mol. The molecule has 0 unspecified atom stereocenters. The van der Waals surface area contributed by atoms with E-state index in [2.05, 4.69) is 59.1 Å². The molecule has 3 aromatic rings. The number of aryl methyl sites for hydroxylation is 1. The Morgan fingerprint density at radius 3 is 2.79 bits per heavy atom. The number of ether oxygens (including phenoxy) is 2. The Labute approximate surface area is 169 Å². The Balaban J connectivity index is 1.59. The van der Waals surface area contributed by atoms with Crippen LogP contribution in [0.4, 0.5) is 0 Å². The summed E-state index contributed by atoms with van der Waals surface area (Å²) in [6.07, 6.45) is 0.614. The minimum atomic E-state index is -0.242. The molecule has 2 aliphatic rings. The standard InChI is InChI=1S/C23H22N2O2S/c1-3-26-21-6-4-5-18-20-13-19(16-9-7-15(2)8-10-16)24-25(20)23(27-22(18)21)17-11-12-28-14-17/h4-12,14,20,23H,3,13H2,1-2H3/t20-,23+/m1/s1. The first-order valence-electron chi connectivity index (χ1n) is 9.62. The number of rotatable bonds is 4. The third-order valence-electron chi connectivity index (χ3n) is 5.29. The van der Waals surface area contributed by atoms with Gasteiger partial charge < -0.3 is 9.47 Å². The van der Waals surface area contributed by atoms with Gasteiger partial charge in [-0.1, -0.05) is 42.0 Å². The quantitative estimate of drug-likeness (QED) is 0.573. The Hall–Kier alpha value is -2.79. The molecule has 28 heavy (non-hydrogen) atoms. The second-order valence-electron chi connectivity index (χ2n) is 7.15. The zero-order chi connectivity index (χ0) is 19.1. The number of hydrogen-bond acceptors (Lipinski definition) is 5. The monoisotopic (exact) mass is 390 g/mol. The van der Waals surface area contributed by atoms with Gasteiger partial charge >= 0.3 is 0 Å². The number of benzene rings is 2. The largest absolute Gasteiger partial charge is 0.490 e. The Kier molecular flexibility index (Phi) is 4.32. The summed E-state index contributed by atoms with van der Waals surface area (Å²) < 4.78 is 12.3. The van der Waals surface area contributed by atoms with Crippen LogP contribution < -0.4 is 9.47 Å². The lowest BCUT2D eigenvalue weighted by Gasteiger charge is -2.38. The number of nitrogens with zero attached hydrogens (tertiary/aromatic N) is 2. The van der Waals surface area contributed by atoms with Crippen molar-refractivity contribution in [3.05, 3.63) is 81.5 Å². The van der Waals surface area contributed by atoms with Crippen LogP contribution in [0.3, 0.4) is 0 Å². The fourth-order valence-electron chi connectivity index (χ4n) is 3.91. The van der Waals surface area contributed by atoms with E-state index in [9.17, 15) is 0 Å². The van der Waals surface area contributed by atoms with E-state index < -0.39 is 0 Å². The van der Waals surface area contributed by atoms with Crippen LogP contribution in [0, 0.1) is 6.92 Å². The van der Waals surface area contributed by atoms with Gasteiger partial charge in [-0.05, 0) is 42.3 Å². The highest BCUT2D eigenvalue weighted by atomic mass is 32.1. The molecule has 5 rings (SSSR count). The molecule has 0 N–H and O–H groups in total. The average Bonchev–Trinajstić information content (AvgIpc) is 3.39. The number of para-hydroxylation sites is 1. The van der Waals surface area contributed by atoms with Crippen molar-refractivity contribution in [2.45, 2.75) is 32.5 Å². The third-order valence-corrected chi connectivity index (χ3v) is 5.99. The van der Waals surface area contributed by atoms with Gasteiger partial charge in [0, 0.05) is 17.5 Å². The van der Waals surface area contributed by atoms with E-state index in [-0.39, 0.29) is 12.3 Å². The number of hydrogen-bond donors (Lipinski definition) is 0. The van der Waals surface area contributed by atoms with E-state index in [1.165, 1.54) is 11.1 Å². The fourth-order valence-corrected chi connectivity index (χ4v) is 4.58. The van der Waals surface area contributed by atoms with Crippen molar-refractivity contribution in [2.75, 3.05) is 6.61 Å². The minimum absolute atomic E-state index is 0.144. The molecular formula is C23H22N2O2S. The molecule has 0 aliphatic carbocycles. The maximum Gasteiger partial charge on any atom is 0.214 e. The Morgan fingerprint density at radius 1 is 1.18 bits per heavy atom. The van der Waals surface area contributed by atoms with E-state index in [4.69, 9.17) is 14.6 Å². The first kappa shape index (κ1) is 17.3. The Morgan fingerprint density at radius 2 is 2.04 bits per heavy atom. The van der Waals surface area contributed by atoms with Crippen LogP contribution in [0.25, 0.3) is 0 Å². The zero-order valence-corrected chi connectivity index (χ0v) is 16.8. The number of fused-ring (bicyclic) bond motifs is 3. The molecule has 3 heterocycles. The van der Waals surface area contributed by atoms with Crippen LogP contribution in [-0.4, -0.2) is 17.3 Å². The smallest absolute Gasteiger partial charge is 0.214 e. The third kappa shape index (κ3) is 2.87. The molecule has 1 aromatic heterocycles. The van der Waals surface area contributed by atoms with E-state index >= 15 is 0 Å². The first-order chi connectivity index (χ1) is 13.7. The summed E-state index contributed by atoms with van der Waals surface area (Å²) in [7, 11) is 0. The van der Waals surface area contributed by atoms with E-state index in [0.29, 0.717) is 6.61 Å². The summed E-state index contributed by atoms with van der Waals surface area (Å²) in [4.78, 5) is 0. The molecule has 0 saturated carbocycles. The maximum absolute atomic E-state index is 6.48. The van der Waals surface area contributed by atoms with Crippen LogP contribution in [0.2, 0.25) is 0 Å². The summed E-state index contributed by atoms with van der Waals surface area (Å²) in [5, 5.41) is 11.3. The molecule has 2 aliphatic heterocycles. The molecule has 0 radical (unpaired) electrons. The van der Waals surface area contributed by atoms with Crippen molar-refractivity contribution in [3.8, 4) is 11.5 Å². The van der Waals surface area contributed by atoms with Gasteiger partial charge in [0.1, 0.15) is 0 Å². The average molecular weight is 391 g/mol. The van der Waals surface area contributed by atoms with Crippen molar-refractivity contribution < 1.29 is 9.47 Å². The van der Waals surface area contributed by atoms with Gasteiger partial charge in [-0.25, -0.2) is 5.01 Å². The van der Waals surface area contributed by atoms with Gasteiger partial charge in [0.05, 0.1) is 18.4 Å². The van der Waals surface area contributed by atoms with Crippen molar-refractivity contribution in [2.24, 2.45) is 5.10 Å². The van der Waals surface area contributed by atoms with Gasteiger partial charge in [0.2, 0.25) is 6.23 Å². The van der Waals surface area contributed by atoms with Gasteiger partial charge in [0.25, 0.3) is 0 Å². The fraction of sp³-hybridized carbons (Fsp3) is 0.261. The molecular weight excluding hydrogens is 368 g/mol. The van der Waals surface area contributed by atoms with Crippen LogP contribution in [0.5, 0.6) is 11.5 Å². The molecule has 2 aromatic carbocycles. The first-order valence-corrected chi connectivity index (χ1v) is 10.6. The van der Waals surface area contributed by atoms with Crippen LogP contribution >= 0.6 is 11.3 Å². The lowest BCUT2D eigenvalue weighted by molar-refractivity contribution is -0.0209. The predicted octanol–water partition coefficient (Wildman–Crippen LogP) is 5.70. The molecule has 0 spiro atoms. The lowest BCUT2D eigenvalue weighted by atomic mass is 9.95. The summed E-state index contributed by atoms with van der Waals surface area (Å²) in [6.45, 7) is 4.72. The SMILES string of the molecule is CCOc1cccc2c1O[C@@H](c1ccsc1)N1N=C(c3ccc(C)cc3)C[C@H]21. The molecule has 5 heteroatoms.